The molecule has 1 atom stereocenters. The first-order chi connectivity index (χ1) is 9.85. The van der Waals surface area contributed by atoms with Gasteiger partial charge >= 0.3 is 0 Å². The number of sulfonamides is 1. The van der Waals surface area contributed by atoms with E-state index in [1.807, 2.05) is 13.8 Å². The molecule has 0 spiro atoms. The van der Waals surface area contributed by atoms with Gasteiger partial charge in [0, 0.05) is 6.04 Å². The van der Waals surface area contributed by atoms with Crippen molar-refractivity contribution in [2.75, 3.05) is 6.54 Å². The van der Waals surface area contributed by atoms with E-state index in [1.165, 1.54) is 18.2 Å². The van der Waals surface area contributed by atoms with Gasteiger partial charge in [-0.2, -0.15) is 0 Å². The molecule has 0 fully saturated rings. The van der Waals surface area contributed by atoms with E-state index >= 15 is 0 Å². The highest BCUT2D eigenvalue weighted by Gasteiger charge is 2.34. The quantitative estimate of drug-likeness (QED) is 0.833. The molecule has 0 saturated heterocycles. The summed E-state index contributed by atoms with van der Waals surface area (Å²) in [5.74, 6) is -0.959. The van der Waals surface area contributed by atoms with E-state index in [1.54, 1.807) is 6.07 Å². The molecule has 2 rings (SSSR count). The van der Waals surface area contributed by atoms with Crippen LogP contribution in [0.1, 0.15) is 30.6 Å². The average Bonchev–Trinajstić information content (AvgIpc) is 2.44. The van der Waals surface area contributed by atoms with Crippen molar-refractivity contribution in [2.24, 2.45) is 0 Å². The Labute approximate surface area is 123 Å². The van der Waals surface area contributed by atoms with Crippen LogP contribution in [0.4, 0.5) is 0 Å². The second-order valence-electron chi connectivity index (χ2n) is 4.86. The Morgan fingerprint density at radius 3 is 2.71 bits per heavy atom. The van der Waals surface area contributed by atoms with Gasteiger partial charge in [0.05, 0.1) is 10.5 Å². The van der Waals surface area contributed by atoms with E-state index in [2.05, 4.69) is 10.1 Å². The summed E-state index contributed by atoms with van der Waals surface area (Å²) in [5, 5.41) is 3.50. The SMILES string of the molecule is CC[C@H](C)NC(=O)CN1NS(=O)(=O)c2ccccc2C1=O. The van der Waals surface area contributed by atoms with Gasteiger partial charge in [0.25, 0.3) is 15.9 Å². The van der Waals surface area contributed by atoms with Gasteiger partial charge in [-0.25, -0.2) is 8.42 Å². The molecule has 0 bridgehead atoms. The lowest BCUT2D eigenvalue weighted by molar-refractivity contribution is -0.122. The van der Waals surface area contributed by atoms with Crippen molar-refractivity contribution in [3.8, 4) is 0 Å². The van der Waals surface area contributed by atoms with Crippen molar-refractivity contribution < 1.29 is 18.0 Å². The monoisotopic (exact) mass is 311 g/mol. The maximum atomic E-state index is 12.2. The van der Waals surface area contributed by atoms with Crippen molar-refractivity contribution in [2.45, 2.75) is 31.2 Å². The minimum atomic E-state index is -3.83. The highest BCUT2D eigenvalue weighted by molar-refractivity contribution is 7.89. The zero-order valence-corrected chi connectivity index (χ0v) is 12.6. The lowest BCUT2D eigenvalue weighted by Crippen LogP contribution is -2.54. The van der Waals surface area contributed by atoms with Gasteiger partial charge in [0.15, 0.2) is 0 Å². The van der Waals surface area contributed by atoms with Crippen molar-refractivity contribution >= 4 is 21.8 Å². The molecule has 2 N–H and O–H groups in total. The van der Waals surface area contributed by atoms with Crippen LogP contribution >= 0.6 is 0 Å². The Bertz CT molecular complexity index is 672. The van der Waals surface area contributed by atoms with Crippen LogP contribution in [-0.4, -0.2) is 37.8 Å². The summed E-state index contributed by atoms with van der Waals surface area (Å²) in [4.78, 5) is 26.1. The molecule has 1 aliphatic heterocycles. The smallest absolute Gasteiger partial charge is 0.270 e. The maximum absolute atomic E-state index is 12.2. The largest absolute Gasteiger partial charge is 0.352 e. The fourth-order valence-electron chi connectivity index (χ4n) is 1.93. The van der Waals surface area contributed by atoms with Crippen LogP contribution in [0.5, 0.6) is 0 Å². The summed E-state index contributed by atoms with van der Waals surface area (Å²) >= 11 is 0. The molecule has 1 aliphatic rings. The topological polar surface area (TPSA) is 95.6 Å². The van der Waals surface area contributed by atoms with E-state index in [-0.39, 0.29) is 23.0 Å². The van der Waals surface area contributed by atoms with Crippen LogP contribution in [0.2, 0.25) is 0 Å². The molecule has 2 amide bonds. The van der Waals surface area contributed by atoms with Crippen LogP contribution in [0.15, 0.2) is 29.2 Å². The molecule has 1 aromatic carbocycles. The normalized spacial score (nSPS) is 18.0. The number of amides is 2. The van der Waals surface area contributed by atoms with Crippen LogP contribution in [-0.2, 0) is 14.8 Å². The number of benzene rings is 1. The molecule has 8 heteroatoms. The van der Waals surface area contributed by atoms with E-state index in [0.717, 1.165) is 11.4 Å². The van der Waals surface area contributed by atoms with E-state index in [0.29, 0.717) is 0 Å². The minimum absolute atomic E-state index is 0.0405. The molecular weight excluding hydrogens is 294 g/mol. The zero-order chi connectivity index (χ0) is 15.6. The molecular formula is C13H17N3O4S. The second kappa shape index (κ2) is 5.82. The van der Waals surface area contributed by atoms with E-state index in [9.17, 15) is 18.0 Å². The van der Waals surface area contributed by atoms with Crippen LogP contribution in [0.3, 0.4) is 0 Å². The number of nitrogens with one attached hydrogen (secondary N) is 2. The van der Waals surface area contributed by atoms with Crippen LogP contribution in [0, 0.1) is 0 Å². The fourth-order valence-corrected chi connectivity index (χ4v) is 3.17. The Balaban J connectivity index is 2.21. The highest BCUT2D eigenvalue weighted by atomic mass is 32.2. The molecule has 114 valence electrons. The third-order valence-corrected chi connectivity index (χ3v) is 4.60. The summed E-state index contributed by atoms with van der Waals surface area (Å²) in [6, 6.07) is 5.86. The highest BCUT2D eigenvalue weighted by Crippen LogP contribution is 2.21. The Hall–Kier alpha value is -1.93. The molecule has 1 heterocycles. The van der Waals surface area contributed by atoms with Gasteiger partial charge in [-0.05, 0) is 25.5 Å². The van der Waals surface area contributed by atoms with Gasteiger partial charge in [0.2, 0.25) is 5.91 Å². The van der Waals surface area contributed by atoms with Gasteiger partial charge in [-0.1, -0.05) is 19.1 Å². The lowest BCUT2D eigenvalue weighted by Gasteiger charge is -2.28. The molecule has 7 nitrogen and oxygen atoms in total. The number of hydrogen-bond acceptors (Lipinski definition) is 4. The number of hydrogen-bond donors (Lipinski definition) is 2. The Morgan fingerprint density at radius 1 is 1.38 bits per heavy atom. The summed E-state index contributed by atoms with van der Waals surface area (Å²) in [5.41, 5.74) is 0.0626. The summed E-state index contributed by atoms with van der Waals surface area (Å²) in [7, 11) is -3.83. The second-order valence-corrected chi connectivity index (χ2v) is 6.49. The first-order valence-corrected chi connectivity index (χ1v) is 8.06. The van der Waals surface area contributed by atoms with E-state index in [4.69, 9.17) is 0 Å². The third-order valence-electron chi connectivity index (χ3n) is 3.20. The van der Waals surface area contributed by atoms with Crippen molar-refractivity contribution in [3.63, 3.8) is 0 Å². The van der Waals surface area contributed by atoms with Crippen LogP contribution in [0.25, 0.3) is 0 Å². The van der Waals surface area contributed by atoms with Gasteiger partial charge < -0.3 is 5.32 Å². The molecule has 0 aliphatic carbocycles. The average molecular weight is 311 g/mol. The Morgan fingerprint density at radius 2 is 2.05 bits per heavy atom. The van der Waals surface area contributed by atoms with Crippen molar-refractivity contribution in [1.82, 2.24) is 15.2 Å². The summed E-state index contributed by atoms with van der Waals surface area (Å²) < 4.78 is 24.1. The van der Waals surface area contributed by atoms with Gasteiger partial charge in [-0.3, -0.25) is 14.6 Å². The maximum Gasteiger partial charge on any atom is 0.270 e. The van der Waals surface area contributed by atoms with Crippen LogP contribution < -0.4 is 10.1 Å². The third kappa shape index (κ3) is 3.22. The molecule has 1 aromatic rings. The zero-order valence-electron chi connectivity index (χ0n) is 11.8. The number of hydrazine groups is 1. The first-order valence-electron chi connectivity index (χ1n) is 6.58. The lowest BCUT2D eigenvalue weighted by atomic mass is 10.2. The predicted molar refractivity (Wildman–Crippen MR) is 75.7 cm³/mol. The van der Waals surface area contributed by atoms with E-state index < -0.39 is 21.8 Å². The molecule has 0 saturated carbocycles. The number of carbonyl (C=O) groups excluding carboxylic acids is 2. The predicted octanol–water partition coefficient (Wildman–Crippen LogP) is 0.250. The Kier molecular flexibility index (Phi) is 4.29. The number of rotatable bonds is 4. The molecule has 0 aromatic heterocycles. The number of nitrogens with zero attached hydrogens (tertiary/aromatic N) is 1. The standard InChI is InChI=1S/C13H17N3O4S/c1-3-9(2)14-12(17)8-16-13(18)10-6-4-5-7-11(10)21(19,20)15-16/h4-7,9,15H,3,8H2,1-2H3,(H,14,17)/t9-/m0/s1. The minimum Gasteiger partial charge on any atom is -0.352 e. The number of carbonyl (C=O) groups is 2. The molecule has 21 heavy (non-hydrogen) atoms. The van der Waals surface area contributed by atoms with Gasteiger partial charge in [-0.15, -0.1) is 4.83 Å². The summed E-state index contributed by atoms with van der Waals surface area (Å²) in [6.45, 7) is 3.38. The van der Waals surface area contributed by atoms with Crippen molar-refractivity contribution in [1.29, 1.82) is 0 Å². The molecule has 0 unspecified atom stereocenters. The number of fused-ring (bicyclic) bond motifs is 1. The first kappa shape index (κ1) is 15.5. The van der Waals surface area contributed by atoms with Crippen molar-refractivity contribution in [3.05, 3.63) is 29.8 Å². The summed E-state index contributed by atoms with van der Waals surface area (Å²) in [6.07, 6.45) is 0.744. The molecule has 0 radical (unpaired) electrons. The fraction of sp³-hybridized carbons (Fsp3) is 0.385. The van der Waals surface area contributed by atoms with Gasteiger partial charge in [0.1, 0.15) is 6.54 Å².